The number of ether oxygens (including phenoxy) is 2. The fraction of sp³-hybridized carbons (Fsp3) is 0.690. The Morgan fingerprint density at radius 3 is 1.21 bits per heavy atom. The van der Waals surface area contributed by atoms with Crippen molar-refractivity contribution >= 4 is 19.8 Å². The highest BCUT2D eigenvalue weighted by Gasteiger charge is 2.27. The summed E-state index contributed by atoms with van der Waals surface area (Å²) in [6, 6.07) is 0. The normalized spacial score (nSPS) is 14.1. The fourth-order valence-corrected chi connectivity index (χ4v) is 7.74. The molecule has 0 aliphatic carbocycles. The maximum Gasteiger partial charge on any atom is 0.472 e. The summed E-state index contributed by atoms with van der Waals surface area (Å²) in [5.41, 5.74) is 0. The van der Waals surface area contributed by atoms with E-state index in [9.17, 15) is 19.0 Å². The van der Waals surface area contributed by atoms with E-state index < -0.39 is 32.5 Å². The second-order valence-electron chi connectivity index (χ2n) is 18.8. The van der Waals surface area contributed by atoms with E-state index >= 15 is 0 Å². The predicted molar refractivity (Wildman–Crippen MR) is 288 cm³/mol. The van der Waals surface area contributed by atoms with Gasteiger partial charge in [-0.05, 0) is 89.9 Å². The van der Waals surface area contributed by atoms with Crippen LogP contribution in [0.25, 0.3) is 0 Å². The van der Waals surface area contributed by atoms with Gasteiger partial charge in [0.25, 0.3) is 0 Å². The van der Waals surface area contributed by atoms with Gasteiger partial charge < -0.3 is 18.9 Å². The molecule has 0 heterocycles. The Hall–Kier alpha value is -3.07. The SMILES string of the molecule is CC/C=C\C/C=C\C/C=C\C/C=C\CCCCCCCCCCCCCCCCCCC(=O)OC(COC(=O)CCCC/C=C\C/C=C\C/C=C\C/C=C\CC)COP(=O)(O)OCC[N+](C)(C)C. The first-order valence-electron chi connectivity index (χ1n) is 27.0. The summed E-state index contributed by atoms with van der Waals surface area (Å²) in [5.74, 6) is -0.850. The summed E-state index contributed by atoms with van der Waals surface area (Å²) in [4.78, 5) is 35.6. The quantitative estimate of drug-likeness (QED) is 0.0211. The molecule has 0 aliphatic rings. The van der Waals surface area contributed by atoms with Crippen molar-refractivity contribution in [1.29, 1.82) is 0 Å². The minimum atomic E-state index is -4.40. The maximum absolute atomic E-state index is 12.8. The van der Waals surface area contributed by atoms with Crippen LogP contribution in [0.5, 0.6) is 0 Å². The molecule has 0 fully saturated rings. The number of hydrogen-bond donors (Lipinski definition) is 1. The van der Waals surface area contributed by atoms with E-state index in [2.05, 4.69) is 111 Å². The number of quaternary nitrogens is 1. The van der Waals surface area contributed by atoms with Crippen LogP contribution < -0.4 is 0 Å². The molecule has 1 N–H and O–H groups in total. The molecule has 0 saturated carbocycles. The molecule has 0 amide bonds. The van der Waals surface area contributed by atoms with E-state index in [1.165, 1.54) is 83.5 Å². The number of allylic oxidation sites excluding steroid dienone is 16. The number of hydrogen-bond acceptors (Lipinski definition) is 7. The Kier molecular flexibility index (Phi) is 46.7. The molecule has 9 nitrogen and oxygen atoms in total. The van der Waals surface area contributed by atoms with Crippen LogP contribution >= 0.6 is 7.82 Å². The molecule has 2 unspecified atom stereocenters. The minimum absolute atomic E-state index is 0.0211. The van der Waals surface area contributed by atoms with Crippen LogP contribution in [0.1, 0.15) is 206 Å². The number of phosphoric acid groups is 1. The lowest BCUT2D eigenvalue weighted by molar-refractivity contribution is -0.870. The topological polar surface area (TPSA) is 108 Å². The third-order valence-electron chi connectivity index (χ3n) is 11.1. The molecule has 68 heavy (non-hydrogen) atoms. The van der Waals surface area contributed by atoms with Gasteiger partial charge in [0.05, 0.1) is 27.7 Å². The fourth-order valence-electron chi connectivity index (χ4n) is 7.00. The highest BCUT2D eigenvalue weighted by Crippen LogP contribution is 2.43. The van der Waals surface area contributed by atoms with Gasteiger partial charge in [-0.1, -0.05) is 201 Å². The minimum Gasteiger partial charge on any atom is -0.462 e. The second kappa shape index (κ2) is 48.9. The number of rotatable bonds is 48. The van der Waals surface area contributed by atoms with Crippen LogP contribution in [-0.2, 0) is 32.7 Å². The molecule has 0 bridgehead atoms. The van der Waals surface area contributed by atoms with Crippen LogP contribution in [0.4, 0.5) is 0 Å². The van der Waals surface area contributed by atoms with E-state index in [4.69, 9.17) is 18.5 Å². The number of nitrogens with zero attached hydrogens (tertiary/aromatic N) is 1. The van der Waals surface area contributed by atoms with Gasteiger partial charge in [-0.25, -0.2) is 4.57 Å². The molecule has 0 radical (unpaired) electrons. The number of carbonyl (C=O) groups excluding carboxylic acids is 2. The standard InChI is InChI=1S/C58H100NO8P/c1-6-8-10-12-14-16-18-20-22-23-24-25-26-27-28-29-30-31-32-33-34-35-37-39-41-43-45-47-49-51-58(61)67-56(55-66-68(62,63)65-53-52-59(3,4)5)54-64-57(60)50-48-46-44-42-40-38-36-21-19-17-15-13-11-9-7-2/h8-11,14-17,20-22,24-25,36,40,42,56H,6-7,12-13,18-19,23,26-35,37-39,41,43-55H2,1-5H3/p+1/b10-8-,11-9-,16-14-,17-15-,22-20-,25-24-,36-21-,42-40-. The highest BCUT2D eigenvalue weighted by atomic mass is 31.2. The Balaban J connectivity index is 4.17. The lowest BCUT2D eigenvalue weighted by atomic mass is 10.0. The van der Waals surface area contributed by atoms with Gasteiger partial charge in [0.2, 0.25) is 0 Å². The van der Waals surface area contributed by atoms with Crippen LogP contribution in [0.3, 0.4) is 0 Å². The van der Waals surface area contributed by atoms with E-state index in [-0.39, 0.29) is 26.1 Å². The summed E-state index contributed by atoms with van der Waals surface area (Å²) in [5, 5.41) is 0. The lowest BCUT2D eigenvalue weighted by Gasteiger charge is -2.24. The molecule has 10 heteroatoms. The van der Waals surface area contributed by atoms with Crippen molar-refractivity contribution in [3.63, 3.8) is 0 Å². The number of likely N-dealkylation sites (N-methyl/N-ethyl adjacent to an activating group) is 1. The molecule has 390 valence electrons. The third kappa shape index (κ3) is 52.3. The van der Waals surface area contributed by atoms with Crippen molar-refractivity contribution in [3.8, 4) is 0 Å². The molecule has 0 saturated heterocycles. The molecule has 0 aromatic carbocycles. The monoisotopic (exact) mass is 971 g/mol. The molecular formula is C58H101NO8P+. The van der Waals surface area contributed by atoms with Crippen molar-refractivity contribution in [2.24, 2.45) is 0 Å². The van der Waals surface area contributed by atoms with E-state index in [1.807, 2.05) is 21.1 Å². The van der Waals surface area contributed by atoms with Crippen molar-refractivity contribution in [3.05, 3.63) is 97.2 Å². The van der Waals surface area contributed by atoms with E-state index in [1.54, 1.807) is 0 Å². The largest absolute Gasteiger partial charge is 0.472 e. The molecule has 0 aromatic heterocycles. The smallest absolute Gasteiger partial charge is 0.462 e. The molecule has 0 rings (SSSR count). The molecule has 2 atom stereocenters. The summed E-state index contributed by atoms with van der Waals surface area (Å²) < 4.78 is 34.4. The first-order valence-corrected chi connectivity index (χ1v) is 28.5. The predicted octanol–water partition coefficient (Wildman–Crippen LogP) is 16.5. The molecular weight excluding hydrogens is 870 g/mol. The van der Waals surface area contributed by atoms with Gasteiger partial charge in [0.15, 0.2) is 6.10 Å². The average Bonchev–Trinajstić information content (AvgIpc) is 3.30. The number of esters is 2. The van der Waals surface area contributed by atoms with E-state index in [0.717, 1.165) is 83.5 Å². The van der Waals surface area contributed by atoms with Crippen molar-refractivity contribution in [1.82, 2.24) is 0 Å². The van der Waals surface area contributed by atoms with Crippen LogP contribution in [0.2, 0.25) is 0 Å². The van der Waals surface area contributed by atoms with E-state index in [0.29, 0.717) is 23.9 Å². The summed E-state index contributed by atoms with van der Waals surface area (Å²) in [6.07, 6.45) is 66.3. The lowest BCUT2D eigenvalue weighted by Crippen LogP contribution is -2.37. The Morgan fingerprint density at radius 2 is 0.794 bits per heavy atom. The van der Waals surface area contributed by atoms with Crippen LogP contribution in [-0.4, -0.2) is 74.9 Å². The van der Waals surface area contributed by atoms with Crippen LogP contribution in [0.15, 0.2) is 97.2 Å². The molecule has 0 spiro atoms. The van der Waals surface area contributed by atoms with Gasteiger partial charge in [-0.15, -0.1) is 0 Å². The van der Waals surface area contributed by atoms with Crippen LogP contribution in [0, 0.1) is 0 Å². The Labute approximate surface area is 417 Å². The average molecular weight is 971 g/mol. The van der Waals surface area contributed by atoms with Gasteiger partial charge in [-0.2, -0.15) is 0 Å². The first-order chi connectivity index (χ1) is 33.0. The summed E-state index contributed by atoms with van der Waals surface area (Å²) in [6.45, 7) is 4.15. The van der Waals surface area contributed by atoms with Gasteiger partial charge in [-0.3, -0.25) is 18.6 Å². The Morgan fingerprint density at radius 1 is 0.456 bits per heavy atom. The van der Waals surface area contributed by atoms with Gasteiger partial charge in [0.1, 0.15) is 19.8 Å². The summed E-state index contributed by atoms with van der Waals surface area (Å²) in [7, 11) is 1.44. The van der Waals surface area contributed by atoms with Gasteiger partial charge >= 0.3 is 19.8 Å². The maximum atomic E-state index is 12.8. The Bertz CT molecular complexity index is 1470. The zero-order valence-electron chi connectivity index (χ0n) is 44.1. The number of carbonyl (C=O) groups is 2. The third-order valence-corrected chi connectivity index (χ3v) is 12.1. The molecule has 0 aliphatic heterocycles. The highest BCUT2D eigenvalue weighted by molar-refractivity contribution is 7.47. The van der Waals surface area contributed by atoms with Gasteiger partial charge in [0, 0.05) is 12.8 Å². The molecule has 0 aromatic rings. The van der Waals surface area contributed by atoms with Crippen molar-refractivity contribution in [2.45, 2.75) is 213 Å². The first kappa shape index (κ1) is 64.9. The van der Waals surface area contributed by atoms with Crippen molar-refractivity contribution < 1.29 is 42.1 Å². The van der Waals surface area contributed by atoms with Crippen molar-refractivity contribution in [2.75, 3.05) is 47.5 Å². The number of phosphoric ester groups is 1. The zero-order chi connectivity index (χ0) is 49.9. The summed E-state index contributed by atoms with van der Waals surface area (Å²) >= 11 is 0. The number of unbranched alkanes of at least 4 members (excludes halogenated alkanes) is 18. The second-order valence-corrected chi connectivity index (χ2v) is 20.3. The zero-order valence-corrected chi connectivity index (χ0v) is 45.0.